The molecule has 2 aromatic heterocycles. The van der Waals surface area contributed by atoms with Crippen LogP contribution in [0.3, 0.4) is 0 Å². The fourth-order valence-electron chi connectivity index (χ4n) is 2.17. The second-order valence-electron chi connectivity index (χ2n) is 4.49. The van der Waals surface area contributed by atoms with Gasteiger partial charge in [-0.1, -0.05) is 18.5 Å². The second-order valence-corrected chi connectivity index (χ2v) is 7.29. The zero-order valence-corrected chi connectivity index (χ0v) is 12.5. The first-order valence-electron chi connectivity index (χ1n) is 5.96. The lowest BCUT2D eigenvalue weighted by Crippen LogP contribution is -2.36. The molecule has 1 unspecified atom stereocenters. The summed E-state index contributed by atoms with van der Waals surface area (Å²) in [5, 5.41) is 4.25. The van der Waals surface area contributed by atoms with Crippen LogP contribution in [-0.4, -0.2) is 39.0 Å². The zero-order valence-electron chi connectivity index (χ0n) is 10.1. The number of rotatable bonds is 2. The molecular formula is C12H14ClN3S2. The Morgan fingerprint density at radius 2 is 2.39 bits per heavy atom. The molecule has 18 heavy (non-hydrogen) atoms. The molecule has 0 amide bonds. The molecule has 1 atom stereocenters. The molecule has 1 fully saturated rings. The van der Waals surface area contributed by atoms with Gasteiger partial charge >= 0.3 is 0 Å². The quantitative estimate of drug-likeness (QED) is 0.796. The summed E-state index contributed by atoms with van der Waals surface area (Å²) in [5.41, 5.74) is 0. The van der Waals surface area contributed by atoms with Gasteiger partial charge < -0.3 is 0 Å². The highest BCUT2D eigenvalue weighted by molar-refractivity contribution is 7.99. The maximum absolute atomic E-state index is 6.18. The fraction of sp³-hybridized carbons (Fsp3) is 0.500. The Morgan fingerprint density at radius 1 is 1.50 bits per heavy atom. The Balaban J connectivity index is 1.81. The summed E-state index contributed by atoms with van der Waals surface area (Å²) in [4.78, 5) is 12.4. The Hall–Kier alpha value is -0.360. The van der Waals surface area contributed by atoms with Crippen molar-refractivity contribution in [3.05, 3.63) is 22.4 Å². The summed E-state index contributed by atoms with van der Waals surface area (Å²) in [6.45, 7) is 5.29. The first-order valence-corrected chi connectivity index (χ1v) is 8.26. The van der Waals surface area contributed by atoms with E-state index in [1.165, 1.54) is 5.75 Å². The van der Waals surface area contributed by atoms with Gasteiger partial charge in [0.25, 0.3) is 0 Å². The van der Waals surface area contributed by atoms with Crippen LogP contribution in [0.1, 0.15) is 12.7 Å². The number of halogens is 1. The summed E-state index contributed by atoms with van der Waals surface area (Å²) < 4.78 is 0. The largest absolute Gasteiger partial charge is 0.294 e. The number of aromatic nitrogens is 2. The van der Waals surface area contributed by atoms with Gasteiger partial charge in [-0.05, 0) is 11.4 Å². The van der Waals surface area contributed by atoms with E-state index in [9.17, 15) is 0 Å². The topological polar surface area (TPSA) is 29.0 Å². The van der Waals surface area contributed by atoms with E-state index in [-0.39, 0.29) is 0 Å². The average Bonchev–Trinajstić information content (AvgIpc) is 2.77. The molecule has 0 radical (unpaired) electrons. The van der Waals surface area contributed by atoms with Crippen LogP contribution in [-0.2, 0) is 6.54 Å². The molecule has 0 N–H and O–H groups in total. The molecule has 0 aromatic carbocycles. The minimum Gasteiger partial charge on any atom is -0.294 e. The van der Waals surface area contributed by atoms with Crippen molar-refractivity contribution in [3.8, 4) is 0 Å². The lowest BCUT2D eigenvalue weighted by molar-refractivity contribution is 0.272. The van der Waals surface area contributed by atoms with Gasteiger partial charge in [-0.2, -0.15) is 11.8 Å². The summed E-state index contributed by atoms with van der Waals surface area (Å²) in [6, 6.07) is 1.98. The molecule has 2 aromatic rings. The lowest BCUT2D eigenvalue weighted by atomic mass is 10.3. The van der Waals surface area contributed by atoms with Crippen molar-refractivity contribution in [3.63, 3.8) is 0 Å². The van der Waals surface area contributed by atoms with Gasteiger partial charge in [0, 0.05) is 29.5 Å². The number of fused-ring (bicyclic) bond motifs is 1. The SMILES string of the molecule is CC1CN(Cc2nc(Cl)c3ccsc3n2)CCS1. The predicted octanol–water partition coefficient (Wildman–Crippen LogP) is 3.28. The molecule has 0 bridgehead atoms. The second kappa shape index (κ2) is 5.33. The molecule has 1 aliphatic heterocycles. The van der Waals surface area contributed by atoms with E-state index in [0.29, 0.717) is 10.4 Å². The van der Waals surface area contributed by atoms with E-state index in [1.54, 1.807) is 11.3 Å². The highest BCUT2D eigenvalue weighted by Gasteiger charge is 2.18. The average molecular weight is 300 g/mol. The summed E-state index contributed by atoms with van der Waals surface area (Å²) >= 11 is 9.84. The third-order valence-corrected chi connectivity index (χ3v) is 5.25. The standard InChI is InChI=1S/C12H14ClN3S2/c1-8-6-16(3-5-17-8)7-10-14-11(13)9-2-4-18-12(9)15-10/h2,4,8H,3,5-7H2,1H3. The molecule has 0 spiro atoms. The Kier molecular flexibility index (Phi) is 3.75. The third-order valence-electron chi connectivity index (χ3n) is 3.02. The van der Waals surface area contributed by atoms with Crippen molar-refractivity contribution in [2.75, 3.05) is 18.8 Å². The van der Waals surface area contributed by atoms with Crippen LogP contribution in [0, 0.1) is 0 Å². The van der Waals surface area contributed by atoms with E-state index >= 15 is 0 Å². The van der Waals surface area contributed by atoms with Crippen molar-refractivity contribution in [2.45, 2.75) is 18.7 Å². The van der Waals surface area contributed by atoms with Gasteiger partial charge in [0.2, 0.25) is 0 Å². The fourth-order valence-corrected chi connectivity index (χ4v) is 4.34. The number of thiophene rings is 1. The monoisotopic (exact) mass is 299 g/mol. The van der Waals surface area contributed by atoms with Crippen LogP contribution >= 0.6 is 34.7 Å². The van der Waals surface area contributed by atoms with Gasteiger partial charge in [-0.3, -0.25) is 4.90 Å². The van der Waals surface area contributed by atoms with Crippen molar-refractivity contribution in [2.24, 2.45) is 0 Å². The molecule has 3 rings (SSSR count). The lowest BCUT2D eigenvalue weighted by Gasteiger charge is -2.29. The highest BCUT2D eigenvalue weighted by Crippen LogP contribution is 2.25. The van der Waals surface area contributed by atoms with Crippen LogP contribution in [0.15, 0.2) is 11.4 Å². The maximum atomic E-state index is 6.18. The van der Waals surface area contributed by atoms with Gasteiger partial charge in [0.1, 0.15) is 15.8 Å². The predicted molar refractivity (Wildman–Crippen MR) is 79.6 cm³/mol. The number of nitrogens with zero attached hydrogens (tertiary/aromatic N) is 3. The molecular weight excluding hydrogens is 286 g/mol. The van der Waals surface area contributed by atoms with Gasteiger partial charge in [0.15, 0.2) is 0 Å². The minimum atomic E-state index is 0.579. The highest BCUT2D eigenvalue weighted by atomic mass is 35.5. The van der Waals surface area contributed by atoms with Crippen molar-refractivity contribution in [1.29, 1.82) is 0 Å². The molecule has 3 heterocycles. The van der Waals surface area contributed by atoms with E-state index < -0.39 is 0 Å². The summed E-state index contributed by atoms with van der Waals surface area (Å²) in [6.07, 6.45) is 0. The molecule has 1 aliphatic rings. The first-order chi connectivity index (χ1) is 8.72. The molecule has 1 saturated heterocycles. The molecule has 3 nitrogen and oxygen atoms in total. The third kappa shape index (κ3) is 2.64. The Morgan fingerprint density at radius 3 is 3.22 bits per heavy atom. The van der Waals surface area contributed by atoms with Gasteiger partial charge in [0.05, 0.1) is 6.54 Å². The van der Waals surface area contributed by atoms with Crippen molar-refractivity contribution in [1.82, 2.24) is 14.9 Å². The van der Waals surface area contributed by atoms with E-state index in [1.807, 2.05) is 23.2 Å². The molecule has 0 aliphatic carbocycles. The number of hydrogen-bond acceptors (Lipinski definition) is 5. The summed E-state index contributed by atoms with van der Waals surface area (Å²) in [5.74, 6) is 2.03. The molecule has 96 valence electrons. The molecule has 0 saturated carbocycles. The minimum absolute atomic E-state index is 0.579. The van der Waals surface area contributed by atoms with Crippen LogP contribution in [0.4, 0.5) is 0 Å². The first kappa shape index (κ1) is 12.7. The Labute approximate surface area is 120 Å². The van der Waals surface area contributed by atoms with Crippen LogP contribution in [0.2, 0.25) is 5.15 Å². The smallest absolute Gasteiger partial charge is 0.145 e. The van der Waals surface area contributed by atoms with Crippen molar-refractivity contribution >= 4 is 44.9 Å². The van der Waals surface area contributed by atoms with E-state index in [0.717, 1.165) is 35.7 Å². The number of thioether (sulfide) groups is 1. The van der Waals surface area contributed by atoms with Crippen LogP contribution in [0.5, 0.6) is 0 Å². The van der Waals surface area contributed by atoms with E-state index in [2.05, 4.69) is 21.8 Å². The van der Waals surface area contributed by atoms with Gasteiger partial charge in [-0.15, -0.1) is 11.3 Å². The zero-order chi connectivity index (χ0) is 12.5. The van der Waals surface area contributed by atoms with Crippen molar-refractivity contribution < 1.29 is 0 Å². The maximum Gasteiger partial charge on any atom is 0.145 e. The number of hydrogen-bond donors (Lipinski definition) is 0. The van der Waals surface area contributed by atoms with Crippen LogP contribution in [0.25, 0.3) is 10.2 Å². The summed E-state index contributed by atoms with van der Waals surface area (Å²) in [7, 11) is 0. The Bertz CT molecular complexity index is 557. The van der Waals surface area contributed by atoms with Crippen LogP contribution < -0.4 is 0 Å². The van der Waals surface area contributed by atoms with E-state index in [4.69, 9.17) is 11.6 Å². The normalized spacial score (nSPS) is 21.6. The van der Waals surface area contributed by atoms with Gasteiger partial charge in [-0.25, -0.2) is 9.97 Å². The molecule has 6 heteroatoms.